The minimum atomic E-state index is -0.402. The van der Waals surface area contributed by atoms with E-state index in [4.69, 9.17) is 0 Å². The SMILES string of the molecule is CCCn1ncnc1CC(O)CSc1cccc(C)c1. The maximum absolute atomic E-state index is 10.1. The highest BCUT2D eigenvalue weighted by Gasteiger charge is 2.11. The van der Waals surface area contributed by atoms with Gasteiger partial charge in [0, 0.05) is 23.6 Å². The van der Waals surface area contributed by atoms with Crippen LogP contribution < -0.4 is 0 Å². The Morgan fingerprint density at radius 2 is 2.25 bits per heavy atom. The van der Waals surface area contributed by atoms with Crippen molar-refractivity contribution in [3.8, 4) is 0 Å². The lowest BCUT2D eigenvalue weighted by atomic mass is 10.2. The van der Waals surface area contributed by atoms with Gasteiger partial charge in [-0.1, -0.05) is 24.6 Å². The Balaban J connectivity index is 1.86. The van der Waals surface area contributed by atoms with Crippen LogP contribution in [0.4, 0.5) is 0 Å². The molecule has 1 N–H and O–H groups in total. The maximum atomic E-state index is 10.1. The molecule has 1 aromatic heterocycles. The van der Waals surface area contributed by atoms with Crippen molar-refractivity contribution in [1.82, 2.24) is 14.8 Å². The van der Waals surface area contributed by atoms with Crippen molar-refractivity contribution in [2.24, 2.45) is 0 Å². The van der Waals surface area contributed by atoms with Crippen LogP contribution >= 0.6 is 11.8 Å². The summed E-state index contributed by atoms with van der Waals surface area (Å²) in [5.41, 5.74) is 1.24. The number of rotatable bonds is 7. The molecule has 1 aromatic carbocycles. The molecule has 0 aliphatic heterocycles. The molecule has 2 aromatic rings. The van der Waals surface area contributed by atoms with Gasteiger partial charge in [-0.05, 0) is 25.5 Å². The number of aryl methyl sites for hydroxylation is 2. The van der Waals surface area contributed by atoms with Gasteiger partial charge >= 0.3 is 0 Å². The third-order valence-electron chi connectivity index (χ3n) is 2.98. The van der Waals surface area contributed by atoms with E-state index in [9.17, 15) is 5.11 Å². The fraction of sp³-hybridized carbons (Fsp3) is 0.467. The highest BCUT2D eigenvalue weighted by molar-refractivity contribution is 7.99. The van der Waals surface area contributed by atoms with Crippen molar-refractivity contribution in [2.45, 2.75) is 44.2 Å². The molecule has 108 valence electrons. The molecule has 0 radical (unpaired) electrons. The van der Waals surface area contributed by atoms with E-state index >= 15 is 0 Å². The third-order valence-corrected chi connectivity index (χ3v) is 4.12. The van der Waals surface area contributed by atoms with Gasteiger partial charge < -0.3 is 5.11 Å². The van der Waals surface area contributed by atoms with Crippen molar-refractivity contribution in [1.29, 1.82) is 0 Å². The zero-order chi connectivity index (χ0) is 14.4. The lowest BCUT2D eigenvalue weighted by Crippen LogP contribution is -2.17. The van der Waals surface area contributed by atoms with Crippen LogP contribution in [-0.4, -0.2) is 31.7 Å². The first-order valence-electron chi connectivity index (χ1n) is 6.93. The van der Waals surface area contributed by atoms with E-state index < -0.39 is 6.10 Å². The van der Waals surface area contributed by atoms with E-state index in [1.54, 1.807) is 18.1 Å². The number of aromatic nitrogens is 3. The Morgan fingerprint density at radius 3 is 3.00 bits per heavy atom. The van der Waals surface area contributed by atoms with Crippen molar-refractivity contribution < 1.29 is 5.11 Å². The molecule has 0 fully saturated rings. The van der Waals surface area contributed by atoms with Gasteiger partial charge in [-0.2, -0.15) is 5.10 Å². The Morgan fingerprint density at radius 1 is 1.40 bits per heavy atom. The number of benzene rings is 1. The highest BCUT2D eigenvalue weighted by atomic mass is 32.2. The summed E-state index contributed by atoms with van der Waals surface area (Å²) in [6.45, 7) is 5.04. The fourth-order valence-electron chi connectivity index (χ4n) is 2.01. The molecule has 20 heavy (non-hydrogen) atoms. The van der Waals surface area contributed by atoms with Gasteiger partial charge in [-0.3, -0.25) is 4.68 Å². The largest absolute Gasteiger partial charge is 0.392 e. The molecule has 0 bridgehead atoms. The van der Waals surface area contributed by atoms with Crippen LogP contribution in [0.5, 0.6) is 0 Å². The molecule has 4 nitrogen and oxygen atoms in total. The highest BCUT2D eigenvalue weighted by Crippen LogP contribution is 2.20. The molecule has 0 saturated heterocycles. The van der Waals surface area contributed by atoms with E-state index in [-0.39, 0.29) is 0 Å². The van der Waals surface area contributed by atoms with Gasteiger partial charge in [0.25, 0.3) is 0 Å². The Bertz CT molecular complexity index is 541. The predicted molar refractivity (Wildman–Crippen MR) is 81.9 cm³/mol. The van der Waals surface area contributed by atoms with Gasteiger partial charge in [-0.15, -0.1) is 11.8 Å². The minimum absolute atomic E-state index is 0.402. The van der Waals surface area contributed by atoms with Gasteiger partial charge in [0.15, 0.2) is 0 Å². The summed E-state index contributed by atoms with van der Waals surface area (Å²) in [5, 5.41) is 14.3. The van der Waals surface area contributed by atoms with Crippen molar-refractivity contribution in [3.05, 3.63) is 42.0 Å². The second-order valence-electron chi connectivity index (χ2n) is 4.88. The molecule has 1 heterocycles. The number of thioether (sulfide) groups is 1. The summed E-state index contributed by atoms with van der Waals surface area (Å²) in [6, 6.07) is 8.33. The average Bonchev–Trinajstić information content (AvgIpc) is 2.84. The van der Waals surface area contributed by atoms with Crippen LogP contribution in [-0.2, 0) is 13.0 Å². The Hall–Kier alpha value is -1.33. The van der Waals surface area contributed by atoms with Crippen LogP contribution in [0.15, 0.2) is 35.5 Å². The van der Waals surface area contributed by atoms with E-state index in [0.717, 1.165) is 18.8 Å². The van der Waals surface area contributed by atoms with E-state index in [0.29, 0.717) is 12.2 Å². The smallest absolute Gasteiger partial charge is 0.138 e. The molecule has 0 aliphatic rings. The second kappa shape index (κ2) is 7.45. The van der Waals surface area contributed by atoms with Gasteiger partial charge in [0.05, 0.1) is 6.10 Å². The molecule has 0 aliphatic carbocycles. The molecule has 1 atom stereocenters. The van der Waals surface area contributed by atoms with Crippen LogP contribution in [0.2, 0.25) is 0 Å². The number of nitrogens with zero attached hydrogens (tertiary/aromatic N) is 3. The molecular weight excluding hydrogens is 270 g/mol. The second-order valence-corrected chi connectivity index (χ2v) is 5.98. The first-order valence-corrected chi connectivity index (χ1v) is 7.91. The topological polar surface area (TPSA) is 50.9 Å². The summed E-state index contributed by atoms with van der Waals surface area (Å²) in [6.07, 6.45) is 2.73. The van der Waals surface area contributed by atoms with E-state index in [1.165, 1.54) is 10.5 Å². The van der Waals surface area contributed by atoms with Crippen LogP contribution in [0.25, 0.3) is 0 Å². The van der Waals surface area contributed by atoms with Crippen molar-refractivity contribution in [3.63, 3.8) is 0 Å². The Kier molecular flexibility index (Phi) is 5.61. The van der Waals surface area contributed by atoms with Crippen LogP contribution in [0.1, 0.15) is 24.7 Å². The molecule has 2 rings (SSSR count). The standard InChI is InChI=1S/C15H21N3OS/c1-3-7-18-15(16-11-17-18)9-13(19)10-20-14-6-4-5-12(2)8-14/h4-6,8,11,13,19H,3,7,9-10H2,1-2H3. The molecule has 1 unspecified atom stereocenters. The summed E-state index contributed by atoms with van der Waals surface area (Å²) in [7, 11) is 0. The third kappa shape index (κ3) is 4.35. The fourth-order valence-corrected chi connectivity index (χ4v) is 2.96. The lowest BCUT2D eigenvalue weighted by Gasteiger charge is -2.11. The quantitative estimate of drug-likeness (QED) is 0.797. The summed E-state index contributed by atoms with van der Waals surface area (Å²) in [5.74, 6) is 1.53. The summed E-state index contributed by atoms with van der Waals surface area (Å²) >= 11 is 1.68. The first-order chi connectivity index (χ1) is 9.69. The van der Waals surface area contributed by atoms with E-state index in [1.807, 2.05) is 10.7 Å². The van der Waals surface area contributed by atoms with Gasteiger partial charge in [0.2, 0.25) is 0 Å². The number of hydrogen-bond acceptors (Lipinski definition) is 4. The normalized spacial score (nSPS) is 12.6. The number of hydrogen-bond donors (Lipinski definition) is 1. The average molecular weight is 291 g/mol. The van der Waals surface area contributed by atoms with E-state index in [2.05, 4.69) is 42.1 Å². The van der Waals surface area contributed by atoms with Gasteiger partial charge in [0.1, 0.15) is 12.2 Å². The summed E-state index contributed by atoms with van der Waals surface area (Å²) in [4.78, 5) is 5.42. The Labute approximate surface area is 124 Å². The summed E-state index contributed by atoms with van der Waals surface area (Å²) < 4.78 is 1.88. The van der Waals surface area contributed by atoms with Crippen molar-refractivity contribution in [2.75, 3.05) is 5.75 Å². The zero-order valence-electron chi connectivity index (χ0n) is 12.0. The first kappa shape index (κ1) is 15.1. The number of aliphatic hydroxyl groups excluding tert-OH is 1. The molecule has 0 amide bonds. The molecular formula is C15H21N3OS. The maximum Gasteiger partial charge on any atom is 0.138 e. The predicted octanol–water partition coefficient (Wildman–Crippen LogP) is 2.69. The molecule has 5 heteroatoms. The number of aliphatic hydroxyl groups is 1. The van der Waals surface area contributed by atoms with Crippen LogP contribution in [0, 0.1) is 6.92 Å². The molecule has 0 spiro atoms. The molecule has 0 saturated carbocycles. The zero-order valence-corrected chi connectivity index (χ0v) is 12.8. The monoisotopic (exact) mass is 291 g/mol. The van der Waals surface area contributed by atoms with Crippen molar-refractivity contribution >= 4 is 11.8 Å². The minimum Gasteiger partial charge on any atom is -0.392 e. The van der Waals surface area contributed by atoms with Gasteiger partial charge in [-0.25, -0.2) is 4.98 Å². The lowest BCUT2D eigenvalue weighted by molar-refractivity contribution is 0.195. The van der Waals surface area contributed by atoms with Crippen LogP contribution in [0.3, 0.4) is 0 Å².